The number of aromatic nitrogens is 4. The molecule has 5 rings (SSSR count). The highest BCUT2D eigenvalue weighted by atomic mass is 32.2. The molecule has 24 heavy (non-hydrogen) atoms. The highest BCUT2D eigenvalue weighted by Crippen LogP contribution is 2.37. The van der Waals surface area contributed by atoms with Crippen LogP contribution < -0.4 is 0 Å². The topological polar surface area (TPSA) is 94.7 Å². The van der Waals surface area contributed by atoms with E-state index in [4.69, 9.17) is 4.98 Å². The first-order chi connectivity index (χ1) is 11.6. The van der Waals surface area contributed by atoms with Gasteiger partial charge in [0.15, 0.2) is 0 Å². The van der Waals surface area contributed by atoms with Gasteiger partial charge in [-0.25, -0.2) is 17.7 Å². The third-order valence-electron chi connectivity index (χ3n) is 5.29. The first-order valence-corrected chi connectivity index (χ1v) is 9.94. The molecule has 2 fully saturated rings. The van der Waals surface area contributed by atoms with Crippen molar-refractivity contribution >= 4 is 32.0 Å². The van der Waals surface area contributed by atoms with Crippen molar-refractivity contribution in [2.75, 3.05) is 13.1 Å². The second-order valence-corrected chi connectivity index (χ2v) is 9.03. The number of hydrogen-bond acceptors (Lipinski definition) is 4. The van der Waals surface area contributed by atoms with Gasteiger partial charge >= 0.3 is 0 Å². The minimum Gasteiger partial charge on any atom is -0.346 e. The average Bonchev–Trinajstić information content (AvgIpc) is 3.16. The Balaban J connectivity index is 1.47. The number of fused-ring (bicyclic) bond motifs is 3. The molecule has 0 aromatic carbocycles. The zero-order valence-corrected chi connectivity index (χ0v) is 14.0. The van der Waals surface area contributed by atoms with Gasteiger partial charge in [-0.05, 0) is 31.7 Å². The lowest BCUT2D eigenvalue weighted by Gasteiger charge is -2.31. The van der Waals surface area contributed by atoms with Gasteiger partial charge in [0.25, 0.3) is 0 Å². The summed E-state index contributed by atoms with van der Waals surface area (Å²) in [7, 11) is -3.07. The van der Waals surface area contributed by atoms with E-state index in [0.717, 1.165) is 53.3 Å². The molecule has 2 aliphatic rings. The largest absolute Gasteiger partial charge is 0.346 e. The van der Waals surface area contributed by atoms with E-state index >= 15 is 0 Å². The molecule has 7 nitrogen and oxygen atoms in total. The first kappa shape index (κ1) is 14.4. The molecule has 1 saturated carbocycles. The minimum absolute atomic E-state index is 0.123. The smallest absolute Gasteiger partial charge is 0.216 e. The van der Waals surface area contributed by atoms with E-state index in [0.29, 0.717) is 13.1 Å². The Morgan fingerprint density at radius 1 is 1.12 bits per heavy atom. The molecule has 0 atom stereocenters. The Labute approximate surface area is 139 Å². The molecule has 8 heteroatoms. The Morgan fingerprint density at radius 3 is 2.67 bits per heavy atom. The van der Waals surface area contributed by atoms with E-state index in [1.165, 1.54) is 0 Å². The second-order valence-electron chi connectivity index (χ2n) is 6.81. The molecule has 1 aliphatic heterocycles. The summed E-state index contributed by atoms with van der Waals surface area (Å²) in [5, 5.41) is 9.28. The van der Waals surface area contributed by atoms with Crippen LogP contribution in [0.4, 0.5) is 0 Å². The maximum Gasteiger partial charge on any atom is 0.216 e. The highest BCUT2D eigenvalue weighted by Gasteiger charge is 2.41. The van der Waals surface area contributed by atoms with Crippen molar-refractivity contribution in [1.29, 1.82) is 0 Å². The molecule has 1 aliphatic carbocycles. The van der Waals surface area contributed by atoms with Gasteiger partial charge in [-0.2, -0.15) is 5.10 Å². The molecule has 0 radical (unpaired) electrons. The summed E-state index contributed by atoms with van der Waals surface area (Å²) in [6.07, 6.45) is 6.98. The van der Waals surface area contributed by atoms with Crippen LogP contribution in [0, 0.1) is 0 Å². The van der Waals surface area contributed by atoms with Gasteiger partial charge < -0.3 is 4.98 Å². The van der Waals surface area contributed by atoms with Crippen LogP contribution in [-0.2, 0) is 10.0 Å². The number of piperidine rings is 1. The quantitative estimate of drug-likeness (QED) is 0.760. The van der Waals surface area contributed by atoms with E-state index in [2.05, 4.69) is 15.2 Å². The van der Waals surface area contributed by atoms with Crippen molar-refractivity contribution in [3.8, 4) is 0 Å². The molecule has 0 amide bonds. The summed E-state index contributed by atoms with van der Waals surface area (Å²) in [4.78, 5) is 7.98. The molecule has 2 N–H and O–H groups in total. The first-order valence-electron chi connectivity index (χ1n) is 8.43. The van der Waals surface area contributed by atoms with Crippen molar-refractivity contribution in [2.24, 2.45) is 0 Å². The Kier molecular flexibility index (Phi) is 3.02. The maximum atomic E-state index is 12.4. The molecule has 3 aromatic rings. The van der Waals surface area contributed by atoms with E-state index in [9.17, 15) is 8.42 Å². The van der Waals surface area contributed by atoms with Gasteiger partial charge in [-0.3, -0.25) is 5.10 Å². The average molecular weight is 345 g/mol. The van der Waals surface area contributed by atoms with Crippen molar-refractivity contribution in [1.82, 2.24) is 24.5 Å². The van der Waals surface area contributed by atoms with Crippen LogP contribution in [0.1, 0.15) is 37.3 Å². The summed E-state index contributed by atoms with van der Waals surface area (Å²) >= 11 is 0. The fourth-order valence-electron chi connectivity index (χ4n) is 3.79. The summed E-state index contributed by atoms with van der Waals surface area (Å²) in [6.45, 7) is 1.17. The van der Waals surface area contributed by atoms with E-state index < -0.39 is 10.0 Å². The Morgan fingerprint density at radius 2 is 1.92 bits per heavy atom. The maximum absolute atomic E-state index is 12.4. The van der Waals surface area contributed by atoms with Gasteiger partial charge in [-0.15, -0.1) is 0 Å². The van der Waals surface area contributed by atoms with Crippen LogP contribution in [0.2, 0.25) is 0 Å². The Bertz CT molecular complexity index is 1010. The second kappa shape index (κ2) is 5.03. The number of rotatable bonds is 3. The number of hydrogen-bond donors (Lipinski definition) is 2. The van der Waals surface area contributed by atoms with Gasteiger partial charge in [0.1, 0.15) is 5.65 Å². The molecular formula is C16H19N5O2S. The molecule has 0 spiro atoms. The molecule has 0 unspecified atom stereocenters. The molecular weight excluding hydrogens is 326 g/mol. The van der Waals surface area contributed by atoms with E-state index in [1.54, 1.807) is 4.31 Å². The number of aromatic amines is 2. The number of pyridine rings is 1. The third kappa shape index (κ3) is 2.09. The minimum atomic E-state index is -3.07. The van der Waals surface area contributed by atoms with Gasteiger partial charge in [0.05, 0.1) is 22.7 Å². The lowest BCUT2D eigenvalue weighted by Crippen LogP contribution is -2.39. The normalized spacial score (nSPS) is 21.0. The number of H-pyrrole nitrogens is 2. The summed E-state index contributed by atoms with van der Waals surface area (Å²) < 4.78 is 26.5. The van der Waals surface area contributed by atoms with Gasteiger partial charge in [0, 0.05) is 36.0 Å². The molecule has 0 bridgehead atoms. The zero-order chi connectivity index (χ0) is 16.3. The summed E-state index contributed by atoms with van der Waals surface area (Å²) in [5.41, 5.74) is 2.85. The van der Waals surface area contributed by atoms with Crippen molar-refractivity contribution in [3.05, 3.63) is 24.2 Å². The van der Waals surface area contributed by atoms with Crippen LogP contribution >= 0.6 is 0 Å². The van der Waals surface area contributed by atoms with Crippen LogP contribution in [-0.4, -0.2) is 51.2 Å². The number of sulfonamides is 1. The SMILES string of the molecule is O=S(=O)(C1CC1)N1CCC(c2nc3[nH]ccc3c3cn[nH]c23)CC1. The lowest BCUT2D eigenvalue weighted by atomic mass is 9.92. The van der Waals surface area contributed by atoms with Crippen LogP contribution in [0.15, 0.2) is 18.5 Å². The van der Waals surface area contributed by atoms with E-state index in [1.807, 2.05) is 18.5 Å². The summed E-state index contributed by atoms with van der Waals surface area (Å²) in [5.74, 6) is 0.256. The monoisotopic (exact) mass is 345 g/mol. The van der Waals surface area contributed by atoms with Crippen molar-refractivity contribution in [2.45, 2.75) is 36.9 Å². The predicted molar refractivity (Wildman–Crippen MR) is 91.2 cm³/mol. The molecule has 1 saturated heterocycles. The van der Waals surface area contributed by atoms with Crippen LogP contribution in [0.3, 0.4) is 0 Å². The fourth-order valence-corrected chi connectivity index (χ4v) is 5.66. The van der Waals surface area contributed by atoms with E-state index in [-0.39, 0.29) is 11.2 Å². The van der Waals surface area contributed by atoms with Crippen LogP contribution in [0.5, 0.6) is 0 Å². The fraction of sp³-hybridized carbons (Fsp3) is 0.500. The summed E-state index contributed by atoms with van der Waals surface area (Å²) in [6, 6.07) is 2.01. The van der Waals surface area contributed by atoms with Crippen molar-refractivity contribution in [3.63, 3.8) is 0 Å². The van der Waals surface area contributed by atoms with Gasteiger partial charge in [0.2, 0.25) is 10.0 Å². The van der Waals surface area contributed by atoms with Crippen molar-refractivity contribution < 1.29 is 8.42 Å². The molecule has 126 valence electrons. The zero-order valence-electron chi connectivity index (χ0n) is 13.2. The number of nitrogens with one attached hydrogen (secondary N) is 2. The lowest BCUT2D eigenvalue weighted by molar-refractivity contribution is 0.317. The Hall–Kier alpha value is -1.93. The highest BCUT2D eigenvalue weighted by molar-refractivity contribution is 7.90. The number of nitrogens with zero attached hydrogens (tertiary/aromatic N) is 3. The molecule has 3 aromatic heterocycles. The third-order valence-corrected chi connectivity index (χ3v) is 7.69. The molecule has 4 heterocycles. The van der Waals surface area contributed by atoms with Gasteiger partial charge in [-0.1, -0.05) is 0 Å². The van der Waals surface area contributed by atoms with Crippen LogP contribution in [0.25, 0.3) is 21.9 Å². The standard InChI is InChI=1S/C16H19N5O2S/c22-24(23,11-1-2-11)21-7-4-10(5-8-21)14-15-13(9-18-20-15)12-3-6-17-16(12)19-14/h3,6,9-11H,1-2,4-5,7-8H2,(H,17,19)(H,18,20). The predicted octanol–water partition coefficient (Wildman–Crippen LogP) is 2.11.